The highest BCUT2D eigenvalue weighted by atomic mass is 14.6. The summed E-state index contributed by atoms with van der Waals surface area (Å²) in [4.78, 5) is 7.66. The zero-order valence-corrected chi connectivity index (χ0v) is 30.5. The minimum Gasteiger partial charge on any atom is -0.238 e. The molecule has 0 N–H and O–H groups in total. The molecular weight excluding hydrogens is 681 g/mol. The topological polar surface area (TPSA) is 56.3 Å². The highest BCUT2D eigenvalue weighted by Crippen LogP contribution is 2.53. The Morgan fingerprint density at radius 1 is 0.393 bits per heavy atom. The molecule has 4 nitrogen and oxygen atoms in total. The van der Waals surface area contributed by atoms with Gasteiger partial charge in [0.25, 0.3) is 0 Å². The first-order valence-corrected chi connectivity index (χ1v) is 18.3. The molecule has 0 saturated heterocycles. The van der Waals surface area contributed by atoms with E-state index in [1.165, 1.54) is 10.9 Å². The van der Waals surface area contributed by atoms with Crippen LogP contribution in [0.25, 0.3) is 108 Å². The fourth-order valence-electron chi connectivity index (χ4n) is 9.00. The van der Waals surface area contributed by atoms with E-state index in [-0.39, 0.29) is 0 Å². The van der Waals surface area contributed by atoms with E-state index >= 15 is 0 Å². The van der Waals surface area contributed by atoms with Crippen molar-refractivity contribution >= 4 is 54.5 Å². The predicted octanol–water partition coefficient (Wildman–Crippen LogP) is 14.4. The lowest BCUT2D eigenvalue weighted by molar-refractivity contribution is 1.42. The fraction of sp³-hybridized carbons (Fsp3) is 0.0385. The number of rotatable bonds is 3. The van der Waals surface area contributed by atoms with Crippen LogP contribution >= 0.6 is 0 Å². The van der Waals surface area contributed by atoms with Crippen molar-refractivity contribution in [3.05, 3.63) is 179 Å². The molecule has 1 aliphatic rings. The summed E-state index contributed by atoms with van der Waals surface area (Å²) in [6.07, 6.45) is 0. The molecule has 0 amide bonds. The van der Waals surface area contributed by atoms with E-state index in [1.54, 1.807) is 0 Å². The predicted molar refractivity (Wildman–Crippen MR) is 229 cm³/mol. The second-order valence-electron chi connectivity index (χ2n) is 14.5. The van der Waals surface area contributed by atoms with Gasteiger partial charge in [-0.25, -0.2) is 9.69 Å². The van der Waals surface area contributed by atoms with Gasteiger partial charge in [0.15, 0.2) is 11.4 Å². The Balaban J connectivity index is 1.35. The number of fused-ring (bicyclic) bond motifs is 8. The molecule has 0 spiro atoms. The van der Waals surface area contributed by atoms with Crippen molar-refractivity contribution in [3.63, 3.8) is 0 Å². The summed E-state index contributed by atoms with van der Waals surface area (Å²) >= 11 is 0. The Labute approximate surface area is 324 Å². The quantitative estimate of drug-likeness (QED) is 0.135. The summed E-state index contributed by atoms with van der Waals surface area (Å²) in [5, 5.41) is 28.1. The normalized spacial score (nSPS) is 11.3. The van der Waals surface area contributed by atoms with E-state index in [1.807, 2.05) is 73.7 Å². The van der Waals surface area contributed by atoms with Gasteiger partial charge in [0.2, 0.25) is 0 Å². The van der Waals surface area contributed by atoms with E-state index < -0.39 is 0 Å². The highest BCUT2D eigenvalue weighted by molar-refractivity contribution is 6.28. The van der Waals surface area contributed by atoms with Crippen LogP contribution < -0.4 is 0 Å². The van der Waals surface area contributed by atoms with E-state index in [9.17, 15) is 10.5 Å². The van der Waals surface area contributed by atoms with Crippen molar-refractivity contribution in [2.75, 3.05) is 0 Å². The summed E-state index contributed by atoms with van der Waals surface area (Å²) in [6, 6.07) is 50.2. The van der Waals surface area contributed by atoms with Crippen LogP contribution in [-0.2, 0) is 0 Å². The van der Waals surface area contributed by atoms with E-state index in [4.69, 9.17) is 13.1 Å². The van der Waals surface area contributed by atoms with Crippen molar-refractivity contribution in [2.45, 2.75) is 13.8 Å². The highest BCUT2D eigenvalue weighted by Gasteiger charge is 2.26. The number of aryl methyl sites for hydroxylation is 2. The van der Waals surface area contributed by atoms with Crippen molar-refractivity contribution in [1.82, 2.24) is 0 Å². The van der Waals surface area contributed by atoms with Crippen molar-refractivity contribution < 1.29 is 0 Å². The van der Waals surface area contributed by atoms with Gasteiger partial charge in [-0.15, -0.1) is 0 Å². The number of para-hydroxylation sites is 1. The van der Waals surface area contributed by atoms with Gasteiger partial charge in [0.05, 0.1) is 36.4 Å². The SMILES string of the molecule is [C-]#[N+]c1ccc2c(c1)c(-c1ccc(C#N)cc1C)cc1c3cc4c(cc3c(-c3ccc(C#N)cc3C)cc21)-c1ccc(-c2ccccc2[N+]#[C-])c2cccc-4c12. The number of nitrogens with zero attached hydrogens (tertiary/aromatic N) is 4. The van der Waals surface area contributed by atoms with Gasteiger partial charge < -0.3 is 0 Å². The van der Waals surface area contributed by atoms with Crippen LogP contribution in [0.15, 0.2) is 133 Å². The largest absolute Gasteiger partial charge is 0.238 e. The smallest absolute Gasteiger partial charge is 0.194 e. The number of benzene rings is 9. The molecule has 10 rings (SSSR count). The number of hydrogen-bond acceptors (Lipinski definition) is 2. The van der Waals surface area contributed by atoms with E-state index in [0.29, 0.717) is 22.5 Å². The Morgan fingerprint density at radius 2 is 0.929 bits per heavy atom. The lowest BCUT2D eigenvalue weighted by Crippen LogP contribution is -1.93. The van der Waals surface area contributed by atoms with Gasteiger partial charge in [0.1, 0.15) is 0 Å². The average Bonchev–Trinajstić information content (AvgIpc) is 3.55. The summed E-state index contributed by atoms with van der Waals surface area (Å²) in [5.41, 5.74) is 15.2. The molecule has 0 bridgehead atoms. The second-order valence-corrected chi connectivity index (χ2v) is 14.5. The molecule has 0 aliphatic heterocycles. The van der Waals surface area contributed by atoms with Crippen LogP contribution in [0.5, 0.6) is 0 Å². The van der Waals surface area contributed by atoms with Gasteiger partial charge in [-0.1, -0.05) is 78.9 Å². The zero-order chi connectivity index (χ0) is 38.2. The zero-order valence-electron chi connectivity index (χ0n) is 30.5. The van der Waals surface area contributed by atoms with Crippen molar-refractivity contribution in [3.8, 4) is 67.8 Å². The summed E-state index contributed by atoms with van der Waals surface area (Å²) in [7, 11) is 0. The molecule has 0 aromatic heterocycles. The monoisotopic (exact) mass is 708 g/mol. The molecule has 0 saturated carbocycles. The molecule has 56 heavy (non-hydrogen) atoms. The maximum absolute atomic E-state index is 9.75. The van der Waals surface area contributed by atoms with Crippen LogP contribution in [0.3, 0.4) is 0 Å². The third-order valence-corrected chi connectivity index (χ3v) is 11.5. The molecule has 0 atom stereocenters. The molecule has 0 radical (unpaired) electrons. The Morgan fingerprint density at radius 3 is 1.57 bits per heavy atom. The standard InChI is InChI=1S/C52H28N4/c1-29-20-31(27-53)12-15-34(29)43-24-49-45(37-17-14-33(55-3)22-42(37)43)23-44(35-16-13-32(28-54)21-30(35)2)48-26-47-41-19-18-36(38-8-5-6-11-51(38)56-4)39-9-7-10-40(52(39)41)46(47)25-50(48)49/h5-26H,1-2H3. The average molecular weight is 709 g/mol. The fourth-order valence-corrected chi connectivity index (χ4v) is 9.00. The molecule has 0 heterocycles. The van der Waals surface area contributed by atoms with Gasteiger partial charge in [0, 0.05) is 0 Å². The molecule has 256 valence electrons. The molecular formula is C52H28N4. The van der Waals surface area contributed by atoms with Gasteiger partial charge in [-0.05, 0) is 178 Å². The van der Waals surface area contributed by atoms with Crippen LogP contribution in [0.2, 0.25) is 0 Å². The van der Waals surface area contributed by atoms with Crippen LogP contribution in [0.1, 0.15) is 22.3 Å². The lowest BCUT2D eigenvalue weighted by Gasteiger charge is -2.19. The number of nitriles is 2. The van der Waals surface area contributed by atoms with Gasteiger partial charge >= 0.3 is 0 Å². The third kappa shape index (κ3) is 4.68. The number of hydrogen-bond donors (Lipinski definition) is 0. The minimum atomic E-state index is 0.565. The maximum atomic E-state index is 9.75. The first-order valence-electron chi connectivity index (χ1n) is 18.3. The molecule has 4 heteroatoms. The Hall–Kier alpha value is -8.02. The van der Waals surface area contributed by atoms with Crippen molar-refractivity contribution in [2.24, 2.45) is 0 Å². The van der Waals surface area contributed by atoms with E-state index in [0.717, 1.165) is 98.9 Å². The minimum absolute atomic E-state index is 0.565. The van der Waals surface area contributed by atoms with Crippen LogP contribution in [-0.4, -0.2) is 0 Å². The maximum Gasteiger partial charge on any atom is 0.194 e. The van der Waals surface area contributed by atoms with E-state index in [2.05, 4.69) is 95.5 Å². The summed E-state index contributed by atoms with van der Waals surface area (Å²) < 4.78 is 0. The molecule has 9 aromatic rings. The van der Waals surface area contributed by atoms with Crippen molar-refractivity contribution in [1.29, 1.82) is 10.5 Å². The third-order valence-electron chi connectivity index (χ3n) is 11.5. The molecule has 9 aromatic carbocycles. The first kappa shape index (κ1) is 32.6. The molecule has 1 aliphatic carbocycles. The van der Waals surface area contributed by atoms with Gasteiger partial charge in [-0.3, -0.25) is 0 Å². The Kier molecular flexibility index (Phi) is 7.15. The molecule has 0 fully saturated rings. The van der Waals surface area contributed by atoms with Crippen LogP contribution in [0, 0.1) is 49.7 Å². The molecule has 0 unspecified atom stereocenters. The Bertz CT molecular complexity index is 3430. The summed E-state index contributed by atoms with van der Waals surface area (Å²) in [5.74, 6) is 0. The van der Waals surface area contributed by atoms with Gasteiger partial charge in [-0.2, -0.15) is 10.5 Å². The lowest BCUT2D eigenvalue weighted by atomic mass is 9.84. The van der Waals surface area contributed by atoms with Crippen LogP contribution in [0.4, 0.5) is 11.4 Å². The second kappa shape index (κ2) is 12.3. The first-order chi connectivity index (χ1) is 27.4. The summed E-state index contributed by atoms with van der Waals surface area (Å²) in [6.45, 7) is 19.8.